The monoisotopic (exact) mass is 1020 g/mol. The Kier molecular flexibility index (Phi) is 64.9. The number of aliphatic carboxylic acids is 5. The van der Waals surface area contributed by atoms with E-state index < -0.39 is 91.6 Å². The van der Waals surface area contributed by atoms with Gasteiger partial charge in [0.05, 0.1) is 93.2 Å². The predicted octanol–water partition coefficient (Wildman–Crippen LogP) is -0.719. The van der Waals surface area contributed by atoms with E-state index in [2.05, 4.69) is 101 Å². The normalized spacial score (nSPS) is 9.68. The number of esters is 3. The molecule has 358 valence electrons. The van der Waals surface area contributed by atoms with Crippen LogP contribution in [0.25, 0.3) is 0 Å². The number of aliphatic hydroxyl groups is 5. The summed E-state index contributed by atoms with van der Waals surface area (Å²) in [6.45, 7) is -3.01. The fourth-order valence-corrected chi connectivity index (χ4v) is 3.11. The van der Waals surface area contributed by atoms with Crippen LogP contribution in [0.2, 0.25) is 0 Å². The molecule has 0 aliphatic carbocycles. The Hall–Kier alpha value is -1.64. The lowest BCUT2D eigenvalue weighted by molar-refractivity contribution is -0.162. The molecule has 0 fully saturated rings. The van der Waals surface area contributed by atoms with Crippen LogP contribution in [-0.4, -0.2) is 198 Å². The van der Waals surface area contributed by atoms with Gasteiger partial charge in [0.15, 0.2) is 0 Å². The highest BCUT2D eigenvalue weighted by molar-refractivity contribution is 7.81. The number of rotatable bonds is 24. The van der Waals surface area contributed by atoms with Gasteiger partial charge in [0.2, 0.25) is 0 Å². The molecule has 29 heteroatoms. The number of carboxylic acids is 5. The third-order valence-electron chi connectivity index (χ3n) is 5.31. The third kappa shape index (κ3) is 63.0. The van der Waals surface area contributed by atoms with Crippen molar-refractivity contribution in [2.75, 3.05) is 98.9 Å². The van der Waals surface area contributed by atoms with E-state index in [-0.39, 0.29) is 69.2 Å². The van der Waals surface area contributed by atoms with Gasteiger partial charge < -0.3 is 65.3 Å². The fraction of sp³-hybridized carbons (Fsp3) is 0.742. The minimum atomic E-state index is -1.24. The van der Waals surface area contributed by atoms with Crippen molar-refractivity contribution in [1.29, 1.82) is 0 Å². The molecule has 0 atom stereocenters. The molecule has 0 aromatic heterocycles. The first-order chi connectivity index (χ1) is 28.0. The van der Waals surface area contributed by atoms with Gasteiger partial charge in [-0.15, -0.1) is 0 Å². The molecule has 0 aliphatic rings. The summed E-state index contributed by atoms with van der Waals surface area (Å²) in [4.78, 5) is 81.2. The molecular formula is C31H60O21S8. The number of carboxylic acid groups (broad SMARTS) is 5. The molecule has 0 aromatic rings. The van der Waals surface area contributed by atoms with Crippen LogP contribution in [0.15, 0.2) is 0 Å². The number of hydrogen-bond donors (Lipinski definition) is 18. The summed E-state index contributed by atoms with van der Waals surface area (Å²) in [7, 11) is 0. The molecule has 21 nitrogen and oxygen atoms in total. The van der Waals surface area contributed by atoms with E-state index in [1.807, 2.05) is 0 Å². The summed E-state index contributed by atoms with van der Waals surface area (Å²) >= 11 is 29.6. The van der Waals surface area contributed by atoms with Gasteiger partial charge in [-0.1, -0.05) is 0 Å². The first-order valence-corrected chi connectivity index (χ1v) is 21.6. The molecule has 0 saturated heterocycles. The van der Waals surface area contributed by atoms with Gasteiger partial charge in [-0.25, -0.2) is 0 Å². The van der Waals surface area contributed by atoms with E-state index in [0.29, 0.717) is 28.8 Å². The Bertz CT molecular complexity index is 958. The zero-order valence-corrected chi connectivity index (χ0v) is 39.5. The van der Waals surface area contributed by atoms with Gasteiger partial charge in [0.1, 0.15) is 19.8 Å². The summed E-state index contributed by atoms with van der Waals surface area (Å²) in [6, 6.07) is 0. The van der Waals surface area contributed by atoms with Crippen molar-refractivity contribution in [1.82, 2.24) is 0 Å². The number of carbonyl (C=O) groups is 8. The second-order valence-corrected chi connectivity index (χ2v) is 13.8. The van der Waals surface area contributed by atoms with Crippen molar-refractivity contribution in [2.24, 2.45) is 10.8 Å². The number of aliphatic hydroxyl groups excluding tert-OH is 5. The summed E-state index contributed by atoms with van der Waals surface area (Å²) in [5.74, 6) is -4.08. The second kappa shape index (κ2) is 53.5. The van der Waals surface area contributed by atoms with Crippen molar-refractivity contribution >= 4 is 149 Å². The molecule has 0 amide bonds. The van der Waals surface area contributed by atoms with Gasteiger partial charge in [0, 0.05) is 28.8 Å². The minimum Gasteiger partial charge on any atom is -0.481 e. The van der Waals surface area contributed by atoms with Crippen LogP contribution in [-0.2, 0) is 52.6 Å². The first-order valence-electron chi connectivity index (χ1n) is 16.5. The van der Waals surface area contributed by atoms with E-state index in [9.17, 15) is 43.5 Å². The molecule has 0 aromatic carbocycles. The first kappa shape index (κ1) is 72.8. The zero-order valence-electron chi connectivity index (χ0n) is 32.4. The second-order valence-electron chi connectivity index (χ2n) is 10.6. The van der Waals surface area contributed by atoms with Crippen LogP contribution in [0.5, 0.6) is 0 Å². The maximum Gasteiger partial charge on any atom is 0.315 e. The topological polar surface area (TPSA) is 367 Å². The smallest absolute Gasteiger partial charge is 0.315 e. The molecule has 10 N–H and O–H groups in total. The van der Waals surface area contributed by atoms with Crippen LogP contribution in [0.3, 0.4) is 0 Å². The van der Waals surface area contributed by atoms with Gasteiger partial charge in [-0.05, 0) is 0 Å². The summed E-state index contributed by atoms with van der Waals surface area (Å²) in [6.07, 6.45) is 0.779. The molecule has 0 rings (SSSR count). The van der Waals surface area contributed by atoms with Gasteiger partial charge in [-0.3, -0.25) is 38.4 Å². The quantitative estimate of drug-likeness (QED) is 0.0322. The predicted molar refractivity (Wildman–Crippen MR) is 245 cm³/mol. The van der Waals surface area contributed by atoms with E-state index >= 15 is 0 Å². The fourth-order valence-electron chi connectivity index (χ4n) is 1.88. The summed E-state index contributed by atoms with van der Waals surface area (Å²) in [5, 5.41) is 82.8. The van der Waals surface area contributed by atoms with Crippen molar-refractivity contribution in [3.8, 4) is 0 Å². The average molecular weight is 1030 g/mol. The highest BCUT2D eigenvalue weighted by atomic mass is 32.1. The van der Waals surface area contributed by atoms with Crippen LogP contribution >= 0.6 is 101 Å². The van der Waals surface area contributed by atoms with Crippen molar-refractivity contribution in [2.45, 2.75) is 32.1 Å². The van der Waals surface area contributed by atoms with E-state index in [1.54, 1.807) is 0 Å². The molecule has 0 unspecified atom stereocenters. The van der Waals surface area contributed by atoms with Crippen LogP contribution < -0.4 is 0 Å². The highest BCUT2D eigenvalue weighted by Crippen LogP contribution is 2.20. The minimum absolute atomic E-state index is 0.144. The molecule has 0 spiro atoms. The standard InChI is InChI=1S/C11H18O7S3.C5H12O4.5C3H6O2S/c12-4-11(5-16-8(13)1-19,6-17-9(14)2-20)7-18-10(15)3-21;6-1-5(2-7,3-8)4-9;5*4-3(5)1-2-6/h12,19-21H,1-7H2;6-9H,1-4H2;5*6H,1-2H2,(H,4,5). The number of carbonyl (C=O) groups excluding carboxylic acids is 3. The summed E-state index contributed by atoms with van der Waals surface area (Å²) in [5.41, 5.74) is -2.35. The molecular weight excluding hydrogens is 965 g/mol. The Morgan fingerprint density at radius 1 is 0.333 bits per heavy atom. The summed E-state index contributed by atoms with van der Waals surface area (Å²) < 4.78 is 14.7. The Morgan fingerprint density at radius 2 is 0.500 bits per heavy atom. The number of ether oxygens (including phenoxy) is 3. The largest absolute Gasteiger partial charge is 0.481 e. The molecule has 0 aliphatic heterocycles. The maximum atomic E-state index is 11.1. The van der Waals surface area contributed by atoms with Gasteiger partial charge in [-0.2, -0.15) is 101 Å². The highest BCUT2D eigenvalue weighted by Gasteiger charge is 2.35. The van der Waals surface area contributed by atoms with Crippen LogP contribution in [0.1, 0.15) is 32.1 Å². The molecule has 0 saturated carbocycles. The lowest BCUT2D eigenvalue weighted by Crippen LogP contribution is -2.43. The zero-order chi connectivity index (χ0) is 48.6. The molecule has 0 radical (unpaired) electrons. The van der Waals surface area contributed by atoms with Gasteiger partial charge >= 0.3 is 47.8 Å². The van der Waals surface area contributed by atoms with Crippen molar-refractivity contribution in [3.63, 3.8) is 0 Å². The van der Waals surface area contributed by atoms with E-state index in [1.165, 1.54) is 0 Å². The number of thiol groups is 8. The average Bonchev–Trinajstić information content (AvgIpc) is 3.19. The van der Waals surface area contributed by atoms with Crippen LogP contribution in [0.4, 0.5) is 0 Å². The van der Waals surface area contributed by atoms with Gasteiger partial charge in [0.25, 0.3) is 0 Å². The van der Waals surface area contributed by atoms with Crippen molar-refractivity contribution in [3.05, 3.63) is 0 Å². The van der Waals surface area contributed by atoms with E-state index in [4.69, 9.17) is 60.2 Å². The van der Waals surface area contributed by atoms with E-state index in [0.717, 1.165) is 0 Å². The third-order valence-corrected chi connectivity index (χ3v) is 7.20. The Balaban J connectivity index is -0.000000120. The number of hydrogen-bond acceptors (Lipinski definition) is 24. The lowest BCUT2D eigenvalue weighted by Gasteiger charge is -2.29. The van der Waals surface area contributed by atoms with Crippen molar-refractivity contribution < 1.29 is 104 Å². The maximum absolute atomic E-state index is 11.1. The molecule has 0 bridgehead atoms. The Morgan fingerprint density at radius 3 is 0.567 bits per heavy atom. The Labute approximate surface area is 392 Å². The molecule has 60 heavy (non-hydrogen) atoms. The van der Waals surface area contributed by atoms with Crippen LogP contribution in [0, 0.1) is 10.8 Å². The molecule has 0 heterocycles. The lowest BCUT2D eigenvalue weighted by atomic mass is 9.92. The SMILES string of the molecule is O=C(CS)OCC(CO)(COC(=O)CS)COC(=O)CS.O=C(O)CCS.O=C(O)CCS.O=C(O)CCS.O=C(O)CCS.O=C(O)CCS.OCC(CO)(CO)CO.